The second-order valence-corrected chi connectivity index (χ2v) is 10.8. The Balaban J connectivity index is 2.02. The number of rotatable bonds is 2. The Hall–Kier alpha value is -5.64. The van der Waals surface area contributed by atoms with Crippen LogP contribution in [0.5, 0.6) is 46.0 Å². The smallest absolute Gasteiger partial charge is 0.201 e. The lowest BCUT2D eigenvalue weighted by Gasteiger charge is -2.25. The highest BCUT2D eigenvalue weighted by Crippen LogP contribution is 2.59. The molecular formula is C32H20O10. The Kier molecular flexibility index (Phi) is 4.12. The largest absolute Gasteiger partial charge is 0.507 e. The fraction of sp³-hybridized carbons (Fsp3) is 0.125. The molecule has 0 heterocycles. The van der Waals surface area contributed by atoms with Gasteiger partial charge in [-0.05, 0) is 12.8 Å². The molecule has 0 radical (unpaired) electrons. The third-order valence-corrected chi connectivity index (χ3v) is 9.03. The molecule has 0 aliphatic carbocycles. The summed E-state index contributed by atoms with van der Waals surface area (Å²) in [4.78, 5) is 28.3. The summed E-state index contributed by atoms with van der Waals surface area (Å²) in [6, 6.07) is 1.83. The number of hydrogen-bond acceptors (Lipinski definition) is 10. The van der Waals surface area contributed by atoms with Gasteiger partial charge < -0.3 is 40.9 Å². The van der Waals surface area contributed by atoms with E-state index in [1.54, 1.807) is 13.8 Å². The van der Waals surface area contributed by atoms with E-state index in [1.807, 2.05) is 0 Å². The van der Waals surface area contributed by atoms with Gasteiger partial charge in [0.15, 0.2) is 0 Å². The van der Waals surface area contributed by atoms with Gasteiger partial charge in [0.2, 0.25) is 10.9 Å². The predicted molar refractivity (Wildman–Crippen MR) is 158 cm³/mol. The fourth-order valence-electron chi connectivity index (χ4n) is 7.43. The molecule has 10 nitrogen and oxygen atoms in total. The molecule has 0 amide bonds. The van der Waals surface area contributed by atoms with Crippen LogP contribution in [0.25, 0.3) is 75.4 Å². The summed E-state index contributed by atoms with van der Waals surface area (Å²) in [5.41, 5.74) is -1.69. The van der Waals surface area contributed by atoms with Crippen LogP contribution in [0.1, 0.15) is 25.0 Å². The zero-order chi connectivity index (χ0) is 29.8. The van der Waals surface area contributed by atoms with Crippen LogP contribution in [-0.2, 0) is 12.8 Å². The van der Waals surface area contributed by atoms with Gasteiger partial charge in [-0.25, -0.2) is 0 Å². The molecule has 8 aromatic carbocycles. The van der Waals surface area contributed by atoms with Gasteiger partial charge >= 0.3 is 0 Å². The van der Waals surface area contributed by atoms with Crippen molar-refractivity contribution >= 4 is 75.4 Å². The van der Waals surface area contributed by atoms with Crippen molar-refractivity contribution in [2.75, 3.05) is 0 Å². The van der Waals surface area contributed by atoms with Gasteiger partial charge in [-0.3, -0.25) is 9.59 Å². The van der Waals surface area contributed by atoms with Crippen LogP contribution in [0.2, 0.25) is 0 Å². The molecule has 0 aliphatic rings. The highest BCUT2D eigenvalue weighted by Gasteiger charge is 2.35. The SMILES string of the molecule is CCc1c(O)c2c(=O)c3c(O)cc(O)c4c5c(O)cc(O)c6c(=O)c7c(O)c(CC)c(O)c8c(c1O)c2c(c34)c(c65)c78. The van der Waals surface area contributed by atoms with E-state index >= 15 is 0 Å². The molecular weight excluding hydrogens is 544 g/mol. The Morgan fingerprint density at radius 1 is 0.381 bits per heavy atom. The molecule has 8 N–H and O–H groups in total. The Labute approximate surface area is 232 Å². The minimum absolute atomic E-state index is 0.0170. The summed E-state index contributed by atoms with van der Waals surface area (Å²) in [5, 5.41) is 88.8. The lowest BCUT2D eigenvalue weighted by atomic mass is 9.77. The maximum atomic E-state index is 14.2. The topological polar surface area (TPSA) is 196 Å². The summed E-state index contributed by atoms with van der Waals surface area (Å²) in [6.07, 6.45) is 0.123. The molecule has 10 heteroatoms. The van der Waals surface area contributed by atoms with E-state index in [-0.39, 0.29) is 99.4 Å². The Bertz CT molecular complexity index is 2470. The summed E-state index contributed by atoms with van der Waals surface area (Å²) in [6.45, 7) is 3.27. The van der Waals surface area contributed by atoms with Crippen LogP contribution in [0, 0.1) is 0 Å². The summed E-state index contributed by atoms with van der Waals surface area (Å²) in [7, 11) is 0. The summed E-state index contributed by atoms with van der Waals surface area (Å²) < 4.78 is 0. The van der Waals surface area contributed by atoms with Crippen LogP contribution in [0.4, 0.5) is 0 Å². The van der Waals surface area contributed by atoms with Gasteiger partial charge in [0.1, 0.15) is 46.0 Å². The van der Waals surface area contributed by atoms with E-state index in [2.05, 4.69) is 0 Å². The third kappa shape index (κ3) is 2.25. The number of phenols is 8. The van der Waals surface area contributed by atoms with Crippen molar-refractivity contribution in [1.29, 1.82) is 0 Å². The summed E-state index contributed by atoms with van der Waals surface area (Å²) in [5.74, 6) is -4.34. The quantitative estimate of drug-likeness (QED) is 0.104. The molecule has 0 aromatic heterocycles. The van der Waals surface area contributed by atoms with E-state index in [9.17, 15) is 50.4 Å². The van der Waals surface area contributed by atoms with Crippen molar-refractivity contribution in [2.45, 2.75) is 26.7 Å². The van der Waals surface area contributed by atoms with E-state index < -0.39 is 56.9 Å². The average Bonchev–Trinajstić information content (AvgIpc) is 2.92. The number of hydrogen-bond donors (Lipinski definition) is 8. The molecule has 0 fully saturated rings. The highest BCUT2D eigenvalue weighted by atomic mass is 16.3. The van der Waals surface area contributed by atoms with Gasteiger partial charge in [-0.2, -0.15) is 0 Å². The molecule has 0 bridgehead atoms. The van der Waals surface area contributed by atoms with Gasteiger partial charge in [0, 0.05) is 77.1 Å². The second-order valence-electron chi connectivity index (χ2n) is 10.8. The van der Waals surface area contributed by atoms with Crippen molar-refractivity contribution in [3.8, 4) is 46.0 Å². The molecule has 0 spiro atoms. The zero-order valence-electron chi connectivity index (χ0n) is 22.0. The molecule has 0 aliphatic heterocycles. The number of fused-ring (bicyclic) bond motifs is 2. The van der Waals surface area contributed by atoms with Crippen molar-refractivity contribution < 1.29 is 40.9 Å². The number of phenolic OH excluding ortho intramolecular Hbond substituents is 8. The fourth-order valence-corrected chi connectivity index (χ4v) is 7.43. The van der Waals surface area contributed by atoms with Gasteiger partial charge in [0.05, 0.1) is 21.5 Å². The van der Waals surface area contributed by atoms with Crippen LogP contribution in [0.15, 0.2) is 21.7 Å². The maximum absolute atomic E-state index is 14.2. The zero-order valence-corrected chi connectivity index (χ0v) is 22.0. The van der Waals surface area contributed by atoms with Crippen molar-refractivity contribution in [3.63, 3.8) is 0 Å². The number of aromatic hydroxyl groups is 8. The van der Waals surface area contributed by atoms with E-state index in [0.29, 0.717) is 0 Å². The summed E-state index contributed by atoms with van der Waals surface area (Å²) >= 11 is 0. The lowest BCUT2D eigenvalue weighted by molar-refractivity contribution is 0.444. The second kappa shape index (κ2) is 7.16. The van der Waals surface area contributed by atoms with Gasteiger partial charge in [0.25, 0.3) is 0 Å². The van der Waals surface area contributed by atoms with Crippen molar-refractivity contribution in [1.82, 2.24) is 0 Å². The molecule has 0 saturated heterocycles. The first-order valence-corrected chi connectivity index (χ1v) is 13.2. The van der Waals surface area contributed by atoms with Crippen LogP contribution in [0.3, 0.4) is 0 Å². The van der Waals surface area contributed by atoms with E-state index in [0.717, 1.165) is 12.1 Å². The first-order chi connectivity index (χ1) is 20.0. The first kappa shape index (κ1) is 24.2. The molecule has 8 rings (SSSR count). The molecule has 208 valence electrons. The lowest BCUT2D eigenvalue weighted by Crippen LogP contribution is -2.11. The highest BCUT2D eigenvalue weighted by molar-refractivity contribution is 6.51. The van der Waals surface area contributed by atoms with E-state index in [4.69, 9.17) is 0 Å². The third-order valence-electron chi connectivity index (χ3n) is 9.03. The molecule has 0 saturated carbocycles. The molecule has 0 unspecified atom stereocenters. The van der Waals surface area contributed by atoms with E-state index in [1.165, 1.54) is 0 Å². The monoisotopic (exact) mass is 564 g/mol. The Morgan fingerprint density at radius 2 is 0.643 bits per heavy atom. The average molecular weight is 565 g/mol. The van der Waals surface area contributed by atoms with Crippen molar-refractivity contribution in [3.05, 3.63) is 43.7 Å². The van der Waals surface area contributed by atoms with Crippen molar-refractivity contribution in [2.24, 2.45) is 0 Å². The van der Waals surface area contributed by atoms with Crippen LogP contribution in [-0.4, -0.2) is 40.9 Å². The maximum Gasteiger partial charge on any atom is 0.201 e. The minimum atomic E-state index is -0.831. The minimum Gasteiger partial charge on any atom is -0.507 e. The van der Waals surface area contributed by atoms with Crippen LogP contribution >= 0.6 is 0 Å². The predicted octanol–water partition coefficient (Wildman–Crippen LogP) is 5.00. The first-order valence-electron chi connectivity index (χ1n) is 13.2. The number of benzene rings is 8. The van der Waals surface area contributed by atoms with Crippen LogP contribution < -0.4 is 10.9 Å². The van der Waals surface area contributed by atoms with Gasteiger partial charge in [-0.1, -0.05) is 13.8 Å². The molecule has 0 atom stereocenters. The van der Waals surface area contributed by atoms with Gasteiger partial charge in [-0.15, -0.1) is 0 Å². The molecule has 8 aromatic rings. The Morgan fingerprint density at radius 3 is 0.976 bits per heavy atom. The molecule has 42 heavy (non-hydrogen) atoms. The standard InChI is InChI=1S/C32H20O10/c1-3-7-27(37)23-21-19-17-13(9(33)5-11(35)15(17)31(41)25(21)29(7)39)14-10(34)6-12(36)16-18(14)20(19)22-24(23)28(38)8(4-2)30(40)26(22)32(16)42/h5-6,33-40H,3-4H2,1-2H3. The normalized spacial score (nSPS) is 12.7.